The van der Waals surface area contributed by atoms with Crippen LogP contribution in [0.15, 0.2) is 0 Å². The number of carbonyl (C=O) groups is 1. The van der Waals surface area contributed by atoms with Gasteiger partial charge in [0.2, 0.25) is 5.91 Å². The van der Waals surface area contributed by atoms with Crippen LogP contribution in [-0.2, 0) is 4.79 Å². The van der Waals surface area contributed by atoms with Gasteiger partial charge in [-0.3, -0.25) is 4.79 Å². The molecule has 4 nitrogen and oxygen atoms in total. The molecule has 1 aliphatic heterocycles. The molecule has 1 amide bonds. The molecular weight excluding hydrogens is 216 g/mol. The molecule has 17 heavy (non-hydrogen) atoms. The highest BCUT2D eigenvalue weighted by atomic mass is 16.3. The smallest absolute Gasteiger partial charge is 0.225 e. The van der Waals surface area contributed by atoms with Gasteiger partial charge >= 0.3 is 0 Å². The van der Waals surface area contributed by atoms with E-state index in [-0.39, 0.29) is 23.8 Å². The summed E-state index contributed by atoms with van der Waals surface area (Å²) in [6, 6.07) is 0.303. The van der Waals surface area contributed by atoms with E-state index in [2.05, 4.69) is 5.32 Å². The van der Waals surface area contributed by atoms with Gasteiger partial charge in [-0.15, -0.1) is 0 Å². The van der Waals surface area contributed by atoms with Crippen molar-refractivity contribution in [2.75, 3.05) is 20.1 Å². The molecule has 4 heteroatoms. The molecule has 0 aromatic heterocycles. The third kappa shape index (κ3) is 3.68. The topological polar surface area (TPSA) is 52.6 Å². The molecule has 0 saturated carbocycles. The standard InChI is InChI=1S/C13H26N2O2/c1-5-12(16)10-6-11(14-4)8-15(7-10)13(17)9(2)3/h9-12,14,16H,5-8H2,1-4H3. The summed E-state index contributed by atoms with van der Waals surface area (Å²) in [6.07, 6.45) is 1.41. The van der Waals surface area contributed by atoms with Crippen LogP contribution in [0.25, 0.3) is 0 Å². The minimum atomic E-state index is -0.298. The number of hydrogen-bond acceptors (Lipinski definition) is 3. The van der Waals surface area contributed by atoms with E-state index in [1.165, 1.54) is 0 Å². The molecule has 0 aromatic carbocycles. The molecule has 0 spiro atoms. The highest BCUT2D eigenvalue weighted by Crippen LogP contribution is 2.23. The fourth-order valence-electron chi connectivity index (χ4n) is 2.50. The van der Waals surface area contributed by atoms with E-state index in [4.69, 9.17) is 0 Å². The zero-order valence-corrected chi connectivity index (χ0v) is 11.4. The van der Waals surface area contributed by atoms with Crippen molar-refractivity contribution in [2.24, 2.45) is 11.8 Å². The second-order valence-electron chi connectivity index (χ2n) is 5.35. The van der Waals surface area contributed by atoms with E-state index in [0.717, 1.165) is 19.4 Å². The van der Waals surface area contributed by atoms with Crippen LogP contribution in [0.2, 0.25) is 0 Å². The Balaban J connectivity index is 2.69. The van der Waals surface area contributed by atoms with Gasteiger partial charge in [-0.25, -0.2) is 0 Å². The maximum absolute atomic E-state index is 12.0. The first kappa shape index (κ1) is 14.5. The summed E-state index contributed by atoms with van der Waals surface area (Å²) in [5.41, 5.74) is 0. The molecule has 0 radical (unpaired) electrons. The Hall–Kier alpha value is -0.610. The zero-order chi connectivity index (χ0) is 13.0. The Bertz CT molecular complexity index is 256. The lowest BCUT2D eigenvalue weighted by molar-refractivity contribution is -0.137. The summed E-state index contributed by atoms with van der Waals surface area (Å²) in [5.74, 6) is 0.428. The van der Waals surface area contributed by atoms with Crippen molar-refractivity contribution < 1.29 is 9.90 Å². The highest BCUT2D eigenvalue weighted by molar-refractivity contribution is 5.78. The molecule has 0 bridgehead atoms. The SMILES string of the molecule is CCC(O)C1CC(NC)CN(C(=O)C(C)C)C1. The Kier molecular flexibility index (Phi) is 5.40. The van der Waals surface area contributed by atoms with Crippen molar-refractivity contribution in [1.29, 1.82) is 0 Å². The average Bonchev–Trinajstić information content (AvgIpc) is 2.35. The molecule has 1 rings (SSSR count). The lowest BCUT2D eigenvalue weighted by Crippen LogP contribution is -2.53. The van der Waals surface area contributed by atoms with Crippen LogP contribution in [0.1, 0.15) is 33.6 Å². The predicted octanol–water partition coefficient (Wildman–Crippen LogP) is 0.850. The normalized spacial score (nSPS) is 27.3. The maximum atomic E-state index is 12.0. The van der Waals surface area contributed by atoms with Crippen molar-refractivity contribution in [3.63, 3.8) is 0 Å². The monoisotopic (exact) mass is 242 g/mol. The van der Waals surface area contributed by atoms with Gasteiger partial charge in [0.1, 0.15) is 0 Å². The average molecular weight is 242 g/mol. The number of aliphatic hydroxyl groups is 1. The third-order valence-electron chi connectivity index (χ3n) is 3.66. The molecular formula is C13H26N2O2. The molecule has 0 aromatic rings. The van der Waals surface area contributed by atoms with E-state index in [0.29, 0.717) is 12.6 Å². The van der Waals surface area contributed by atoms with E-state index < -0.39 is 0 Å². The van der Waals surface area contributed by atoms with Crippen molar-refractivity contribution in [3.8, 4) is 0 Å². The van der Waals surface area contributed by atoms with Crippen molar-refractivity contribution in [1.82, 2.24) is 10.2 Å². The van der Waals surface area contributed by atoms with Gasteiger partial charge < -0.3 is 15.3 Å². The number of nitrogens with one attached hydrogen (secondary N) is 1. The maximum Gasteiger partial charge on any atom is 0.225 e. The molecule has 1 fully saturated rings. The highest BCUT2D eigenvalue weighted by Gasteiger charge is 2.32. The van der Waals surface area contributed by atoms with Crippen LogP contribution < -0.4 is 5.32 Å². The predicted molar refractivity (Wildman–Crippen MR) is 68.7 cm³/mol. The van der Waals surface area contributed by atoms with Gasteiger partial charge in [-0.05, 0) is 19.9 Å². The zero-order valence-electron chi connectivity index (χ0n) is 11.4. The number of likely N-dealkylation sites (tertiary alicyclic amines) is 1. The van der Waals surface area contributed by atoms with Gasteiger partial charge in [0, 0.05) is 31.0 Å². The Morgan fingerprint density at radius 3 is 2.59 bits per heavy atom. The molecule has 1 aliphatic rings. The molecule has 1 heterocycles. The first-order chi connectivity index (χ1) is 7.99. The van der Waals surface area contributed by atoms with E-state index in [1.54, 1.807) is 0 Å². The molecule has 0 aliphatic carbocycles. The number of aliphatic hydroxyl groups excluding tert-OH is 1. The Labute approximate surface area is 104 Å². The van der Waals surface area contributed by atoms with Crippen LogP contribution in [0, 0.1) is 11.8 Å². The quantitative estimate of drug-likeness (QED) is 0.768. The number of likely N-dealkylation sites (N-methyl/N-ethyl adjacent to an activating group) is 1. The van der Waals surface area contributed by atoms with E-state index in [9.17, 15) is 9.90 Å². The Morgan fingerprint density at radius 1 is 1.47 bits per heavy atom. The lowest BCUT2D eigenvalue weighted by Gasteiger charge is -2.40. The molecule has 2 N–H and O–H groups in total. The molecule has 3 unspecified atom stereocenters. The largest absolute Gasteiger partial charge is 0.393 e. The van der Waals surface area contributed by atoms with Crippen molar-refractivity contribution >= 4 is 5.91 Å². The number of piperidine rings is 1. The summed E-state index contributed by atoms with van der Waals surface area (Å²) in [6.45, 7) is 7.31. The summed E-state index contributed by atoms with van der Waals surface area (Å²) >= 11 is 0. The molecule has 1 saturated heterocycles. The first-order valence-electron chi connectivity index (χ1n) is 6.63. The summed E-state index contributed by atoms with van der Waals surface area (Å²) in [7, 11) is 1.92. The van der Waals surface area contributed by atoms with Crippen molar-refractivity contribution in [2.45, 2.75) is 45.8 Å². The van der Waals surface area contributed by atoms with Gasteiger partial charge in [0.15, 0.2) is 0 Å². The van der Waals surface area contributed by atoms with Crippen LogP contribution in [0.3, 0.4) is 0 Å². The molecule has 100 valence electrons. The minimum absolute atomic E-state index is 0.0324. The van der Waals surface area contributed by atoms with Gasteiger partial charge in [-0.1, -0.05) is 20.8 Å². The second kappa shape index (κ2) is 6.36. The second-order valence-corrected chi connectivity index (χ2v) is 5.35. The van der Waals surface area contributed by atoms with Gasteiger partial charge in [-0.2, -0.15) is 0 Å². The number of hydrogen-bond donors (Lipinski definition) is 2. The van der Waals surface area contributed by atoms with Gasteiger partial charge in [0.05, 0.1) is 6.10 Å². The van der Waals surface area contributed by atoms with E-state index in [1.807, 2.05) is 32.7 Å². The van der Waals surface area contributed by atoms with Crippen molar-refractivity contribution in [3.05, 3.63) is 0 Å². The van der Waals surface area contributed by atoms with Gasteiger partial charge in [0.25, 0.3) is 0 Å². The number of rotatable bonds is 4. The Morgan fingerprint density at radius 2 is 2.12 bits per heavy atom. The summed E-state index contributed by atoms with van der Waals surface area (Å²) in [5, 5.41) is 13.2. The summed E-state index contributed by atoms with van der Waals surface area (Å²) in [4.78, 5) is 13.9. The third-order valence-corrected chi connectivity index (χ3v) is 3.66. The van der Waals surface area contributed by atoms with E-state index >= 15 is 0 Å². The minimum Gasteiger partial charge on any atom is -0.393 e. The fourth-order valence-corrected chi connectivity index (χ4v) is 2.50. The number of amides is 1. The van der Waals surface area contributed by atoms with Crippen LogP contribution in [0.5, 0.6) is 0 Å². The fraction of sp³-hybridized carbons (Fsp3) is 0.923. The lowest BCUT2D eigenvalue weighted by atomic mass is 9.88. The molecule has 3 atom stereocenters. The van der Waals surface area contributed by atoms with Crippen LogP contribution in [0.4, 0.5) is 0 Å². The van der Waals surface area contributed by atoms with Crippen LogP contribution >= 0.6 is 0 Å². The number of nitrogens with zero attached hydrogens (tertiary/aromatic N) is 1. The summed E-state index contributed by atoms with van der Waals surface area (Å²) < 4.78 is 0. The first-order valence-corrected chi connectivity index (χ1v) is 6.63. The number of carbonyl (C=O) groups excluding carboxylic acids is 1. The van der Waals surface area contributed by atoms with Crippen LogP contribution in [-0.4, -0.2) is 48.2 Å².